The summed E-state index contributed by atoms with van der Waals surface area (Å²) in [4.78, 5) is 10.2. The average molecular weight is 726 g/mol. The van der Waals surface area contributed by atoms with Crippen molar-refractivity contribution in [3.05, 3.63) is 145 Å². The van der Waals surface area contributed by atoms with Crippen LogP contribution in [-0.4, -0.2) is 9.97 Å². The third-order valence-electron chi connectivity index (χ3n) is 7.56. The van der Waals surface area contributed by atoms with Gasteiger partial charge in [-0.05, 0) is 49.0 Å². The maximum Gasteiger partial charge on any atom is 2.00 e. The molecule has 0 N–H and O–H groups in total. The van der Waals surface area contributed by atoms with Gasteiger partial charge in [-0.1, -0.05) is 66.2 Å². The van der Waals surface area contributed by atoms with Crippen LogP contribution in [0.15, 0.2) is 121 Å². The Hall–Kier alpha value is -3.91. The van der Waals surface area contributed by atoms with Crippen LogP contribution < -0.4 is 0 Å². The van der Waals surface area contributed by atoms with E-state index in [1.807, 2.05) is 47.7 Å². The van der Waals surface area contributed by atoms with Gasteiger partial charge in [0.05, 0.1) is 0 Å². The van der Waals surface area contributed by atoms with E-state index in [0.717, 1.165) is 33.9 Å². The number of rotatable bonds is 5. The smallest absolute Gasteiger partial charge is 0.300 e. The van der Waals surface area contributed by atoms with Gasteiger partial charge >= 0.3 is 21.1 Å². The van der Waals surface area contributed by atoms with Gasteiger partial charge < -0.3 is 9.97 Å². The summed E-state index contributed by atoms with van der Waals surface area (Å²) in [5, 5.41) is 2.61. The molecule has 0 aliphatic carbocycles. The normalized spacial score (nSPS) is 11.5. The van der Waals surface area contributed by atoms with E-state index < -0.39 is 0 Å². The number of pyridine rings is 2. The van der Waals surface area contributed by atoms with E-state index in [0.29, 0.717) is 0 Å². The van der Waals surface area contributed by atoms with Crippen LogP contribution in [0, 0.1) is 12.1 Å². The van der Waals surface area contributed by atoms with Crippen LogP contribution in [0.4, 0.5) is 0 Å². The summed E-state index contributed by atoms with van der Waals surface area (Å²) in [6, 6.07) is 48.7. The van der Waals surface area contributed by atoms with E-state index in [-0.39, 0.29) is 26.5 Å². The predicted molar refractivity (Wildman–Crippen MR) is 167 cm³/mol. The van der Waals surface area contributed by atoms with E-state index in [4.69, 9.17) is 9.97 Å². The van der Waals surface area contributed by atoms with Gasteiger partial charge in [-0.15, -0.1) is 77.1 Å². The molecule has 0 aliphatic heterocycles. The Morgan fingerprint density at radius 2 is 1.27 bits per heavy atom. The molecule has 0 radical (unpaired) electrons. The Morgan fingerprint density at radius 1 is 0.610 bits per heavy atom. The van der Waals surface area contributed by atoms with Gasteiger partial charge in [0.1, 0.15) is 0 Å². The summed E-state index contributed by atoms with van der Waals surface area (Å²) in [6.07, 6.45) is 0. The first-order chi connectivity index (χ1) is 19.6. The van der Waals surface area contributed by atoms with Gasteiger partial charge in [-0.3, -0.25) is 0 Å². The molecule has 3 aromatic heterocycles. The zero-order chi connectivity index (χ0) is 27.1. The summed E-state index contributed by atoms with van der Waals surface area (Å²) in [7, 11) is 0. The Morgan fingerprint density at radius 3 is 2.02 bits per heavy atom. The first kappa shape index (κ1) is 27.3. The van der Waals surface area contributed by atoms with Crippen LogP contribution in [0.3, 0.4) is 0 Å². The molecule has 0 fully saturated rings. The number of nitrogens with zero attached hydrogens (tertiary/aromatic N) is 2. The average Bonchev–Trinajstić information content (AvgIpc) is 3.41. The molecular formula is C37H26N2PtS. The standard InChI is InChI=1S/C37H26N2S.Pt/c1-37(2,34-22-10-19-31(38-34)25-12-4-3-5-13-25)35-23-11-20-32(39-35)27-15-8-14-26(24-27)28-17-9-18-30-29-16-6-7-21-33(29)40-36(28)30;/h3-12,14,16-24H,1-2H3;/q-2;+2. The monoisotopic (exact) mass is 725 g/mol. The Bertz CT molecular complexity index is 1990. The van der Waals surface area contributed by atoms with Gasteiger partial charge in [0.25, 0.3) is 0 Å². The maximum atomic E-state index is 5.15. The van der Waals surface area contributed by atoms with Gasteiger partial charge in [-0.25, -0.2) is 0 Å². The van der Waals surface area contributed by atoms with Gasteiger partial charge in [0.2, 0.25) is 0 Å². The van der Waals surface area contributed by atoms with Crippen LogP contribution >= 0.6 is 11.3 Å². The molecule has 0 saturated heterocycles. The van der Waals surface area contributed by atoms with Crippen molar-refractivity contribution in [3.8, 4) is 33.6 Å². The summed E-state index contributed by atoms with van der Waals surface area (Å²) >= 11 is 1.85. The Labute approximate surface area is 259 Å². The molecule has 3 heterocycles. The topological polar surface area (TPSA) is 25.8 Å². The number of thiophene rings is 1. The molecule has 0 aliphatic rings. The summed E-state index contributed by atoms with van der Waals surface area (Å²) < 4.78 is 2.62. The van der Waals surface area contributed by atoms with Crippen LogP contribution in [0.5, 0.6) is 0 Å². The van der Waals surface area contributed by atoms with E-state index in [1.54, 1.807) is 0 Å². The molecule has 0 saturated carbocycles. The van der Waals surface area contributed by atoms with Crippen molar-refractivity contribution < 1.29 is 21.1 Å². The number of aromatic nitrogens is 2. The maximum absolute atomic E-state index is 5.15. The predicted octanol–water partition coefficient (Wildman–Crippen LogP) is 9.77. The van der Waals surface area contributed by atoms with Crippen molar-refractivity contribution in [2.24, 2.45) is 0 Å². The number of hydrogen-bond acceptors (Lipinski definition) is 3. The van der Waals surface area contributed by atoms with Crippen molar-refractivity contribution in [3.63, 3.8) is 0 Å². The van der Waals surface area contributed by atoms with E-state index in [2.05, 4.69) is 111 Å². The van der Waals surface area contributed by atoms with Gasteiger partial charge in [-0.2, -0.15) is 0 Å². The molecular weight excluding hydrogens is 700 g/mol. The fourth-order valence-corrected chi connectivity index (χ4v) is 6.54. The molecule has 0 bridgehead atoms. The quantitative estimate of drug-likeness (QED) is 0.165. The second kappa shape index (κ2) is 11.2. The van der Waals surface area contributed by atoms with Crippen molar-refractivity contribution in [1.82, 2.24) is 9.97 Å². The van der Waals surface area contributed by atoms with Crippen molar-refractivity contribution >= 4 is 31.5 Å². The van der Waals surface area contributed by atoms with Crippen LogP contribution in [-0.2, 0) is 26.5 Å². The Balaban J connectivity index is 0.00000302. The molecule has 4 aromatic carbocycles. The molecule has 7 aromatic rings. The first-order valence-corrected chi connectivity index (χ1v) is 14.2. The first-order valence-electron chi connectivity index (χ1n) is 13.4. The van der Waals surface area contributed by atoms with Crippen LogP contribution in [0.25, 0.3) is 53.8 Å². The molecule has 0 amide bonds. The fourth-order valence-electron chi connectivity index (χ4n) is 5.31. The minimum absolute atomic E-state index is 0. The van der Waals surface area contributed by atoms with Gasteiger partial charge in [0, 0.05) is 37.0 Å². The fraction of sp³-hybridized carbons (Fsp3) is 0.0811. The zero-order valence-electron chi connectivity index (χ0n) is 22.7. The summed E-state index contributed by atoms with van der Waals surface area (Å²) in [5.41, 5.74) is 7.76. The molecule has 7 rings (SSSR count). The number of benzene rings is 4. The second-order valence-electron chi connectivity index (χ2n) is 10.5. The van der Waals surface area contributed by atoms with E-state index in [9.17, 15) is 0 Å². The van der Waals surface area contributed by atoms with Crippen molar-refractivity contribution in [2.75, 3.05) is 0 Å². The Kier molecular flexibility index (Phi) is 7.42. The number of fused-ring (bicyclic) bond motifs is 3. The molecule has 200 valence electrons. The third kappa shape index (κ3) is 5.05. The minimum Gasteiger partial charge on any atom is -0.300 e. The van der Waals surface area contributed by atoms with Crippen molar-refractivity contribution in [1.29, 1.82) is 0 Å². The molecule has 2 nitrogen and oxygen atoms in total. The van der Waals surface area contributed by atoms with Crippen molar-refractivity contribution in [2.45, 2.75) is 19.3 Å². The van der Waals surface area contributed by atoms with E-state index >= 15 is 0 Å². The molecule has 41 heavy (non-hydrogen) atoms. The second-order valence-corrected chi connectivity index (χ2v) is 11.5. The molecule has 4 heteroatoms. The van der Waals surface area contributed by atoms with Crippen LogP contribution in [0.1, 0.15) is 25.2 Å². The summed E-state index contributed by atoms with van der Waals surface area (Å²) in [5.74, 6) is 0. The molecule has 0 spiro atoms. The molecule has 0 unspecified atom stereocenters. The largest absolute Gasteiger partial charge is 2.00 e. The minimum atomic E-state index is -0.388. The number of hydrogen-bond donors (Lipinski definition) is 0. The SMILES string of the molecule is CC(C)(c1cccc(-c2[c-]cccc2)n1)c1cccc(-c2[c-]ccc(-c3cccc4c3sc3ccccc34)c2)n1.[Pt+2]. The third-order valence-corrected chi connectivity index (χ3v) is 8.78. The molecule has 0 atom stereocenters. The van der Waals surface area contributed by atoms with Crippen LogP contribution in [0.2, 0.25) is 0 Å². The van der Waals surface area contributed by atoms with E-state index in [1.165, 1.54) is 31.3 Å². The summed E-state index contributed by atoms with van der Waals surface area (Å²) in [6.45, 7) is 4.37. The zero-order valence-corrected chi connectivity index (χ0v) is 25.8. The van der Waals surface area contributed by atoms with Gasteiger partial charge in [0.15, 0.2) is 0 Å².